The highest BCUT2D eigenvalue weighted by molar-refractivity contribution is 7.19. The molecule has 2 aromatic carbocycles. The molecule has 0 amide bonds. The van der Waals surface area contributed by atoms with E-state index >= 15 is 0 Å². The van der Waals surface area contributed by atoms with E-state index in [0.717, 1.165) is 29.4 Å². The summed E-state index contributed by atoms with van der Waals surface area (Å²) >= 11 is 1.68. The third-order valence-corrected chi connectivity index (χ3v) is 8.53. The van der Waals surface area contributed by atoms with E-state index in [1.54, 1.807) is 23.5 Å². The van der Waals surface area contributed by atoms with E-state index < -0.39 is 0 Å². The fourth-order valence-corrected chi connectivity index (χ4v) is 5.93. The zero-order chi connectivity index (χ0) is 22.7. The van der Waals surface area contributed by atoms with Crippen LogP contribution in [0.1, 0.15) is 67.9 Å². The molecule has 3 heteroatoms. The van der Waals surface area contributed by atoms with Gasteiger partial charge in [-0.25, -0.2) is 4.39 Å². The molecule has 1 N–H and O–H groups in total. The van der Waals surface area contributed by atoms with Gasteiger partial charge in [0.25, 0.3) is 0 Å². The number of rotatable bonds is 5. The SMILES string of the molecule is Cc1cc(-c2c(C)sc3cc(F)ccc23)ccc1CCC(C)C1CCC1.OC=C1CCC1. The minimum atomic E-state index is -0.155. The van der Waals surface area contributed by atoms with Crippen LogP contribution in [0.5, 0.6) is 0 Å². The monoisotopic (exact) mass is 450 g/mol. The lowest BCUT2D eigenvalue weighted by Crippen LogP contribution is -2.20. The number of hydrogen-bond donors (Lipinski definition) is 1. The lowest BCUT2D eigenvalue weighted by atomic mass is 9.74. The molecule has 5 rings (SSSR count). The molecule has 2 aliphatic rings. The summed E-state index contributed by atoms with van der Waals surface area (Å²) in [6.07, 6.45) is 11.5. The minimum absolute atomic E-state index is 0.155. The lowest BCUT2D eigenvalue weighted by Gasteiger charge is -2.31. The van der Waals surface area contributed by atoms with E-state index in [0.29, 0.717) is 0 Å². The fraction of sp³-hybridized carbons (Fsp3) is 0.448. The van der Waals surface area contributed by atoms with Crippen molar-refractivity contribution in [2.45, 2.75) is 72.1 Å². The maximum Gasteiger partial charge on any atom is 0.124 e. The second-order valence-corrected chi connectivity index (χ2v) is 10.9. The second kappa shape index (κ2) is 10.2. The Bertz CT molecular complexity index is 1100. The van der Waals surface area contributed by atoms with E-state index in [1.807, 2.05) is 6.07 Å². The van der Waals surface area contributed by atoms with Crippen molar-refractivity contribution in [2.24, 2.45) is 11.8 Å². The quantitative estimate of drug-likeness (QED) is 0.384. The van der Waals surface area contributed by atoms with Crippen LogP contribution < -0.4 is 0 Å². The number of thiophene rings is 1. The van der Waals surface area contributed by atoms with Crippen LogP contribution in [-0.4, -0.2) is 5.11 Å². The third kappa shape index (κ3) is 5.09. The summed E-state index contributed by atoms with van der Waals surface area (Å²) in [6.45, 7) is 6.80. The molecular formula is C29H35FOS. The van der Waals surface area contributed by atoms with Gasteiger partial charge in [-0.3, -0.25) is 0 Å². The third-order valence-electron chi connectivity index (χ3n) is 7.46. The summed E-state index contributed by atoms with van der Waals surface area (Å²) in [5.74, 6) is 1.66. The Morgan fingerprint density at radius 2 is 1.88 bits per heavy atom. The molecule has 170 valence electrons. The standard InChI is InChI=1S/C24H27FS.C5H8O/c1-15(18-5-4-6-18)7-8-19-9-10-20(13-16(19)2)24-17(3)26-23-14-21(25)11-12-22(23)24;6-4-5-2-1-3-5/h9-15,18H,4-8H2,1-3H3;4,6H,1-3H2. The van der Waals surface area contributed by atoms with Crippen molar-refractivity contribution in [3.8, 4) is 11.1 Å². The Balaban J connectivity index is 0.000000354. The van der Waals surface area contributed by atoms with Crippen molar-refractivity contribution in [3.05, 3.63) is 70.1 Å². The van der Waals surface area contributed by atoms with E-state index in [2.05, 4.69) is 39.0 Å². The Hall–Kier alpha value is -2.13. The summed E-state index contributed by atoms with van der Waals surface area (Å²) in [5.41, 5.74) is 6.58. The molecule has 3 aromatic rings. The predicted molar refractivity (Wildman–Crippen MR) is 136 cm³/mol. The smallest absolute Gasteiger partial charge is 0.124 e. The Kier molecular flexibility index (Phi) is 7.35. The topological polar surface area (TPSA) is 20.2 Å². The first-order chi connectivity index (χ1) is 15.5. The van der Waals surface area contributed by atoms with Crippen molar-refractivity contribution in [3.63, 3.8) is 0 Å². The zero-order valence-corrected chi connectivity index (χ0v) is 20.4. The van der Waals surface area contributed by atoms with E-state index in [4.69, 9.17) is 5.11 Å². The number of hydrogen-bond acceptors (Lipinski definition) is 2. The molecule has 0 saturated heterocycles. The highest BCUT2D eigenvalue weighted by Crippen LogP contribution is 2.40. The van der Waals surface area contributed by atoms with Crippen molar-refractivity contribution >= 4 is 21.4 Å². The zero-order valence-electron chi connectivity index (χ0n) is 19.6. The number of aliphatic hydroxyl groups excluding tert-OH is 1. The van der Waals surface area contributed by atoms with Gasteiger partial charge in [0.1, 0.15) is 5.82 Å². The summed E-state index contributed by atoms with van der Waals surface area (Å²) < 4.78 is 14.6. The Morgan fingerprint density at radius 1 is 1.09 bits per heavy atom. The first-order valence-electron chi connectivity index (χ1n) is 12.1. The van der Waals surface area contributed by atoms with Crippen LogP contribution in [0.2, 0.25) is 0 Å². The maximum atomic E-state index is 13.5. The average molecular weight is 451 g/mol. The summed E-state index contributed by atoms with van der Waals surface area (Å²) in [6, 6.07) is 12.0. The highest BCUT2D eigenvalue weighted by Gasteiger charge is 2.23. The minimum Gasteiger partial charge on any atom is -0.516 e. The number of aliphatic hydroxyl groups is 1. The normalized spacial score (nSPS) is 16.7. The molecule has 1 heterocycles. The number of fused-ring (bicyclic) bond motifs is 1. The van der Waals surface area contributed by atoms with Crippen molar-refractivity contribution in [2.75, 3.05) is 0 Å². The van der Waals surface area contributed by atoms with Crippen LogP contribution in [0.25, 0.3) is 21.2 Å². The van der Waals surface area contributed by atoms with Crippen LogP contribution >= 0.6 is 11.3 Å². The molecule has 0 radical (unpaired) electrons. The van der Waals surface area contributed by atoms with E-state index in [1.165, 1.54) is 82.9 Å². The molecule has 1 atom stereocenters. The number of aryl methyl sites for hydroxylation is 3. The van der Waals surface area contributed by atoms with Gasteiger partial charge < -0.3 is 5.11 Å². The molecular weight excluding hydrogens is 415 g/mol. The Labute approximate surface area is 196 Å². The molecule has 1 aromatic heterocycles. The van der Waals surface area contributed by atoms with Gasteiger partial charge in [-0.05, 0) is 98.2 Å². The van der Waals surface area contributed by atoms with Gasteiger partial charge in [-0.15, -0.1) is 11.3 Å². The van der Waals surface area contributed by atoms with Crippen molar-refractivity contribution in [1.82, 2.24) is 0 Å². The van der Waals surface area contributed by atoms with Crippen LogP contribution in [0, 0.1) is 31.5 Å². The van der Waals surface area contributed by atoms with Crippen molar-refractivity contribution < 1.29 is 9.50 Å². The van der Waals surface area contributed by atoms with Crippen LogP contribution in [0.15, 0.2) is 48.2 Å². The predicted octanol–water partition coefficient (Wildman–Crippen LogP) is 9.31. The van der Waals surface area contributed by atoms with Gasteiger partial charge in [0.05, 0.1) is 6.26 Å². The lowest BCUT2D eigenvalue weighted by molar-refractivity contribution is 0.211. The molecule has 0 aliphatic heterocycles. The van der Waals surface area contributed by atoms with Gasteiger partial charge in [0.15, 0.2) is 0 Å². The molecule has 0 spiro atoms. The fourth-order valence-electron chi connectivity index (χ4n) is 4.82. The number of halogens is 1. The summed E-state index contributed by atoms with van der Waals surface area (Å²) in [7, 11) is 0. The molecule has 0 bridgehead atoms. The van der Waals surface area contributed by atoms with Crippen molar-refractivity contribution in [1.29, 1.82) is 0 Å². The van der Waals surface area contributed by atoms with Gasteiger partial charge in [0, 0.05) is 20.5 Å². The maximum absolute atomic E-state index is 13.5. The van der Waals surface area contributed by atoms with E-state index in [9.17, 15) is 4.39 Å². The first-order valence-corrected chi connectivity index (χ1v) is 12.9. The summed E-state index contributed by atoms with van der Waals surface area (Å²) in [4.78, 5) is 1.26. The molecule has 1 unspecified atom stereocenters. The van der Waals surface area contributed by atoms with Crippen LogP contribution in [0.3, 0.4) is 0 Å². The molecule has 2 fully saturated rings. The second-order valence-electron chi connectivity index (χ2n) is 9.66. The number of benzene rings is 2. The highest BCUT2D eigenvalue weighted by atomic mass is 32.1. The Morgan fingerprint density at radius 3 is 2.44 bits per heavy atom. The van der Waals surface area contributed by atoms with Crippen LogP contribution in [0.4, 0.5) is 4.39 Å². The molecule has 32 heavy (non-hydrogen) atoms. The largest absolute Gasteiger partial charge is 0.516 e. The number of allylic oxidation sites excluding steroid dienone is 1. The van der Waals surface area contributed by atoms with E-state index in [-0.39, 0.29) is 5.82 Å². The van der Waals surface area contributed by atoms with Gasteiger partial charge in [-0.2, -0.15) is 0 Å². The van der Waals surface area contributed by atoms with Gasteiger partial charge in [-0.1, -0.05) is 44.4 Å². The average Bonchev–Trinajstić information content (AvgIpc) is 3.00. The molecule has 2 saturated carbocycles. The summed E-state index contributed by atoms with van der Waals surface area (Å²) in [5, 5.41) is 9.39. The molecule has 1 nitrogen and oxygen atoms in total. The van der Waals surface area contributed by atoms with Gasteiger partial charge >= 0.3 is 0 Å². The molecule has 2 aliphatic carbocycles. The van der Waals surface area contributed by atoms with Gasteiger partial charge in [0.2, 0.25) is 0 Å². The van der Waals surface area contributed by atoms with Crippen LogP contribution in [-0.2, 0) is 6.42 Å². The first kappa shape index (κ1) is 23.0.